The Morgan fingerprint density at radius 2 is 2.18 bits per heavy atom. The number of hydrogen-bond acceptors (Lipinski definition) is 3. The van der Waals surface area contributed by atoms with E-state index in [1.54, 1.807) is 12.1 Å². The fourth-order valence-electron chi connectivity index (χ4n) is 1.98. The zero-order chi connectivity index (χ0) is 12.1. The maximum absolute atomic E-state index is 10.00. The third-order valence-corrected chi connectivity index (χ3v) is 3.27. The van der Waals surface area contributed by atoms with Crippen molar-refractivity contribution in [1.82, 2.24) is 5.32 Å². The summed E-state index contributed by atoms with van der Waals surface area (Å²) in [6.45, 7) is 2.15. The third kappa shape index (κ3) is 3.96. The van der Waals surface area contributed by atoms with Gasteiger partial charge < -0.3 is 15.2 Å². The second kappa shape index (κ2) is 6.36. The van der Waals surface area contributed by atoms with E-state index in [4.69, 9.17) is 16.3 Å². The van der Waals surface area contributed by atoms with Gasteiger partial charge in [0.1, 0.15) is 0 Å². The summed E-state index contributed by atoms with van der Waals surface area (Å²) in [7, 11) is 0. The van der Waals surface area contributed by atoms with Crippen LogP contribution in [0.3, 0.4) is 0 Å². The molecule has 0 spiro atoms. The lowest BCUT2D eigenvalue weighted by atomic mass is 10.1. The van der Waals surface area contributed by atoms with Crippen LogP contribution in [0.2, 0.25) is 5.02 Å². The summed E-state index contributed by atoms with van der Waals surface area (Å²) in [6, 6.07) is 7.66. The maximum atomic E-state index is 10.00. The van der Waals surface area contributed by atoms with Gasteiger partial charge in [-0.3, -0.25) is 0 Å². The predicted octanol–water partition coefficient (Wildman–Crippen LogP) is 2.14. The van der Waals surface area contributed by atoms with Gasteiger partial charge in [0, 0.05) is 24.2 Å². The number of nitrogens with one attached hydrogen (secondary N) is 1. The van der Waals surface area contributed by atoms with E-state index in [0.29, 0.717) is 17.6 Å². The molecule has 1 heterocycles. The average molecular weight is 256 g/mol. The Morgan fingerprint density at radius 1 is 1.41 bits per heavy atom. The van der Waals surface area contributed by atoms with Crippen molar-refractivity contribution in [3.8, 4) is 0 Å². The van der Waals surface area contributed by atoms with Crippen molar-refractivity contribution < 1.29 is 9.84 Å². The number of benzene rings is 1. The highest BCUT2D eigenvalue weighted by molar-refractivity contribution is 6.30. The van der Waals surface area contributed by atoms with E-state index in [1.807, 2.05) is 12.1 Å². The van der Waals surface area contributed by atoms with Gasteiger partial charge in [0.15, 0.2) is 0 Å². The first-order valence-corrected chi connectivity index (χ1v) is 6.38. The quantitative estimate of drug-likeness (QED) is 0.866. The second-order valence-corrected chi connectivity index (χ2v) is 4.83. The van der Waals surface area contributed by atoms with Gasteiger partial charge in [-0.2, -0.15) is 0 Å². The van der Waals surface area contributed by atoms with Crippen LogP contribution < -0.4 is 5.32 Å². The molecular weight excluding hydrogens is 238 g/mol. The van der Waals surface area contributed by atoms with E-state index in [-0.39, 0.29) is 0 Å². The van der Waals surface area contributed by atoms with E-state index in [0.717, 1.165) is 31.6 Å². The Balaban J connectivity index is 1.80. The van der Waals surface area contributed by atoms with Gasteiger partial charge in [-0.15, -0.1) is 0 Å². The van der Waals surface area contributed by atoms with Crippen LogP contribution in [-0.2, 0) is 4.74 Å². The molecule has 1 fully saturated rings. The molecule has 0 bridgehead atoms. The molecule has 0 aliphatic carbocycles. The third-order valence-electron chi connectivity index (χ3n) is 3.01. The molecular formula is C13H18ClNO2. The fraction of sp³-hybridized carbons (Fsp3) is 0.538. The van der Waals surface area contributed by atoms with Gasteiger partial charge >= 0.3 is 0 Å². The molecule has 4 heteroatoms. The van der Waals surface area contributed by atoms with Crippen LogP contribution in [0.15, 0.2) is 24.3 Å². The molecule has 0 amide bonds. The summed E-state index contributed by atoms with van der Waals surface area (Å²) in [5.41, 5.74) is 0.888. The van der Waals surface area contributed by atoms with Crippen LogP contribution in [0.25, 0.3) is 0 Å². The first-order chi connectivity index (χ1) is 8.25. The summed E-state index contributed by atoms with van der Waals surface area (Å²) in [4.78, 5) is 0. The Morgan fingerprint density at radius 3 is 2.82 bits per heavy atom. The van der Waals surface area contributed by atoms with Crippen molar-refractivity contribution >= 4 is 11.6 Å². The molecule has 1 saturated heterocycles. The highest BCUT2D eigenvalue weighted by Crippen LogP contribution is 2.16. The lowest BCUT2D eigenvalue weighted by Crippen LogP contribution is -2.38. The average Bonchev–Trinajstić information content (AvgIpc) is 2.38. The van der Waals surface area contributed by atoms with Crippen LogP contribution in [0, 0.1) is 0 Å². The molecule has 2 N–H and O–H groups in total. The van der Waals surface area contributed by atoms with Gasteiger partial charge in [0.25, 0.3) is 0 Å². The lowest BCUT2D eigenvalue weighted by Gasteiger charge is -2.24. The molecule has 1 aliphatic rings. The Hall–Kier alpha value is -0.610. The Labute approximate surface area is 107 Å². The fourth-order valence-corrected chi connectivity index (χ4v) is 2.11. The number of ether oxygens (including phenoxy) is 1. The van der Waals surface area contributed by atoms with Gasteiger partial charge in [-0.25, -0.2) is 0 Å². The molecule has 1 aliphatic heterocycles. The van der Waals surface area contributed by atoms with Gasteiger partial charge in [-0.1, -0.05) is 23.7 Å². The summed E-state index contributed by atoms with van der Waals surface area (Å²) in [5.74, 6) is 0. The van der Waals surface area contributed by atoms with E-state index in [1.165, 1.54) is 0 Å². The van der Waals surface area contributed by atoms with E-state index >= 15 is 0 Å². The van der Waals surface area contributed by atoms with Crippen LogP contribution in [-0.4, -0.2) is 30.9 Å². The molecule has 0 radical (unpaired) electrons. The van der Waals surface area contributed by atoms with E-state index < -0.39 is 6.10 Å². The normalized spacial score (nSPS) is 22.4. The SMILES string of the molecule is OC(CNC1CCCOC1)c1ccc(Cl)cc1. The molecule has 0 saturated carbocycles. The topological polar surface area (TPSA) is 41.5 Å². The molecule has 17 heavy (non-hydrogen) atoms. The summed E-state index contributed by atoms with van der Waals surface area (Å²) in [6.07, 6.45) is 1.72. The zero-order valence-corrected chi connectivity index (χ0v) is 10.5. The molecule has 2 atom stereocenters. The Kier molecular flexibility index (Phi) is 4.80. The number of aliphatic hydroxyl groups is 1. The van der Waals surface area contributed by atoms with E-state index in [9.17, 15) is 5.11 Å². The minimum Gasteiger partial charge on any atom is -0.387 e. The number of rotatable bonds is 4. The summed E-state index contributed by atoms with van der Waals surface area (Å²) < 4.78 is 5.37. The number of hydrogen-bond donors (Lipinski definition) is 2. The van der Waals surface area contributed by atoms with Gasteiger partial charge in [0.2, 0.25) is 0 Å². The molecule has 2 unspecified atom stereocenters. The van der Waals surface area contributed by atoms with Crippen molar-refractivity contribution in [3.63, 3.8) is 0 Å². The highest BCUT2D eigenvalue weighted by Gasteiger charge is 2.15. The van der Waals surface area contributed by atoms with Gasteiger partial charge in [-0.05, 0) is 30.5 Å². The minimum absolute atomic E-state index is 0.366. The maximum Gasteiger partial charge on any atom is 0.0914 e. The summed E-state index contributed by atoms with van der Waals surface area (Å²) in [5, 5.41) is 14.0. The van der Waals surface area contributed by atoms with Crippen LogP contribution in [0.5, 0.6) is 0 Å². The molecule has 1 aromatic rings. The Bertz CT molecular complexity index is 336. The molecule has 0 aromatic heterocycles. The summed E-state index contributed by atoms with van der Waals surface area (Å²) >= 11 is 5.80. The van der Waals surface area contributed by atoms with Crippen molar-refractivity contribution in [3.05, 3.63) is 34.9 Å². The molecule has 94 valence electrons. The largest absolute Gasteiger partial charge is 0.387 e. The lowest BCUT2D eigenvalue weighted by molar-refractivity contribution is 0.0639. The highest BCUT2D eigenvalue weighted by atomic mass is 35.5. The first kappa shape index (κ1) is 12.8. The van der Waals surface area contributed by atoms with Crippen LogP contribution in [0.1, 0.15) is 24.5 Å². The predicted molar refractivity (Wildman–Crippen MR) is 68.3 cm³/mol. The first-order valence-electron chi connectivity index (χ1n) is 6.00. The van der Waals surface area contributed by atoms with Crippen LogP contribution in [0.4, 0.5) is 0 Å². The zero-order valence-electron chi connectivity index (χ0n) is 9.73. The molecule has 1 aromatic carbocycles. The van der Waals surface area contributed by atoms with Crippen molar-refractivity contribution in [2.45, 2.75) is 25.0 Å². The van der Waals surface area contributed by atoms with Gasteiger partial charge in [0.05, 0.1) is 12.7 Å². The number of aliphatic hydroxyl groups excluding tert-OH is 1. The monoisotopic (exact) mass is 255 g/mol. The standard InChI is InChI=1S/C13H18ClNO2/c14-11-5-3-10(4-6-11)13(16)8-15-12-2-1-7-17-9-12/h3-6,12-13,15-16H,1-2,7-9H2. The second-order valence-electron chi connectivity index (χ2n) is 4.39. The molecule has 3 nitrogen and oxygen atoms in total. The van der Waals surface area contributed by atoms with Crippen molar-refractivity contribution in [2.24, 2.45) is 0 Å². The van der Waals surface area contributed by atoms with Crippen LogP contribution >= 0.6 is 11.6 Å². The minimum atomic E-state index is -0.491. The molecule has 2 rings (SSSR count). The van der Waals surface area contributed by atoms with E-state index in [2.05, 4.69) is 5.32 Å². The van der Waals surface area contributed by atoms with Crippen molar-refractivity contribution in [1.29, 1.82) is 0 Å². The smallest absolute Gasteiger partial charge is 0.0914 e. The van der Waals surface area contributed by atoms with Crippen molar-refractivity contribution in [2.75, 3.05) is 19.8 Å². The number of halogens is 1.